The van der Waals surface area contributed by atoms with Crippen LogP contribution in [-0.4, -0.2) is 43.7 Å². The highest BCUT2D eigenvalue weighted by Crippen LogP contribution is 2.40. The van der Waals surface area contributed by atoms with Gasteiger partial charge in [-0.05, 0) is 48.4 Å². The van der Waals surface area contributed by atoms with E-state index in [1.165, 1.54) is 12.1 Å². The minimum absolute atomic E-state index is 0.0645. The van der Waals surface area contributed by atoms with E-state index >= 15 is 0 Å². The second-order valence-electron chi connectivity index (χ2n) is 8.75. The van der Waals surface area contributed by atoms with Gasteiger partial charge in [-0.25, -0.2) is 0 Å². The van der Waals surface area contributed by atoms with Gasteiger partial charge >= 0.3 is 18.1 Å². The van der Waals surface area contributed by atoms with Crippen molar-refractivity contribution >= 4 is 35.1 Å². The molecule has 12 heteroatoms. The first-order valence-corrected chi connectivity index (χ1v) is 12.1. The summed E-state index contributed by atoms with van der Waals surface area (Å²) in [5, 5.41) is 9.11. The van der Waals surface area contributed by atoms with E-state index in [0.717, 1.165) is 11.1 Å². The molecule has 0 aromatic heterocycles. The summed E-state index contributed by atoms with van der Waals surface area (Å²) in [7, 11) is 0. The number of nitrogens with one attached hydrogen (secondary N) is 3. The summed E-state index contributed by atoms with van der Waals surface area (Å²) in [6, 6.07) is 9.73. The van der Waals surface area contributed by atoms with Gasteiger partial charge in [0.1, 0.15) is 0 Å². The van der Waals surface area contributed by atoms with Crippen molar-refractivity contribution in [1.29, 1.82) is 0 Å². The van der Waals surface area contributed by atoms with Crippen LogP contribution in [0.4, 0.5) is 18.9 Å². The molecular weight excluding hydrogens is 515 g/mol. The standard InChI is InChI=1S/C25H25ClF3N3O5/c26-19-6-5-18-17(9-11-30-14-24(18)36-20(33)7-8-21(34)37-24)22(19)32-13-15-1-3-16(4-2-15)23(35)31-12-10-25(27,28)29/h1-6,30,32H,7-14H2,(H,31,35). The Balaban J connectivity index is 1.50. The summed E-state index contributed by atoms with van der Waals surface area (Å²) in [5.41, 5.74) is 2.88. The van der Waals surface area contributed by atoms with Gasteiger partial charge in [-0.1, -0.05) is 23.7 Å². The monoisotopic (exact) mass is 539 g/mol. The normalized spacial score (nSPS) is 17.2. The Labute approximate surface area is 215 Å². The zero-order valence-corrected chi connectivity index (χ0v) is 20.4. The van der Waals surface area contributed by atoms with Gasteiger partial charge in [0.2, 0.25) is 0 Å². The zero-order chi connectivity index (χ0) is 26.6. The molecule has 0 radical (unpaired) electrons. The topological polar surface area (TPSA) is 106 Å². The lowest BCUT2D eigenvalue weighted by atomic mass is 9.96. The van der Waals surface area contributed by atoms with Crippen molar-refractivity contribution in [3.05, 3.63) is 63.7 Å². The van der Waals surface area contributed by atoms with Crippen LogP contribution < -0.4 is 16.0 Å². The lowest BCUT2D eigenvalue weighted by Crippen LogP contribution is -2.43. The highest BCUT2D eigenvalue weighted by molar-refractivity contribution is 6.33. The van der Waals surface area contributed by atoms with E-state index < -0.39 is 42.8 Å². The Kier molecular flexibility index (Phi) is 7.93. The van der Waals surface area contributed by atoms with Gasteiger partial charge in [-0.3, -0.25) is 14.4 Å². The molecule has 0 atom stereocenters. The molecule has 0 aliphatic carbocycles. The molecule has 2 aromatic rings. The molecule has 2 aliphatic rings. The molecule has 8 nitrogen and oxygen atoms in total. The van der Waals surface area contributed by atoms with Crippen LogP contribution in [0.3, 0.4) is 0 Å². The quantitative estimate of drug-likeness (QED) is 0.479. The number of esters is 2. The SMILES string of the molecule is O=C1CCC(=O)OC2(CNCCc3c2ccc(Cl)c3NCc2ccc(C(=O)NCCC(F)(F)F)cc2)O1. The van der Waals surface area contributed by atoms with Crippen LogP contribution in [0.2, 0.25) is 5.02 Å². The predicted octanol–water partition coefficient (Wildman–Crippen LogP) is 3.81. The summed E-state index contributed by atoms with van der Waals surface area (Å²) in [6.07, 6.45) is -5.05. The summed E-state index contributed by atoms with van der Waals surface area (Å²) in [5.74, 6) is -3.26. The summed E-state index contributed by atoms with van der Waals surface area (Å²) in [4.78, 5) is 36.6. The lowest BCUT2D eigenvalue weighted by Gasteiger charge is -2.32. The van der Waals surface area contributed by atoms with Crippen molar-refractivity contribution in [2.75, 3.05) is 25.0 Å². The van der Waals surface area contributed by atoms with E-state index in [4.69, 9.17) is 21.1 Å². The molecule has 2 heterocycles. The van der Waals surface area contributed by atoms with Gasteiger partial charge < -0.3 is 25.4 Å². The fraction of sp³-hybridized carbons (Fsp3) is 0.400. The van der Waals surface area contributed by atoms with Crippen molar-refractivity contribution < 1.29 is 37.0 Å². The Morgan fingerprint density at radius 3 is 2.35 bits per heavy atom. The number of carbonyl (C=O) groups is 3. The molecule has 3 N–H and O–H groups in total. The van der Waals surface area contributed by atoms with E-state index in [-0.39, 0.29) is 24.9 Å². The van der Waals surface area contributed by atoms with Crippen LogP contribution in [0.15, 0.2) is 36.4 Å². The molecule has 0 unspecified atom stereocenters. The van der Waals surface area contributed by atoms with Crippen LogP contribution in [0, 0.1) is 0 Å². The smallest absolute Gasteiger partial charge is 0.390 e. The van der Waals surface area contributed by atoms with Crippen molar-refractivity contribution in [3.8, 4) is 0 Å². The average Bonchev–Trinajstić information content (AvgIpc) is 3.10. The van der Waals surface area contributed by atoms with E-state index in [0.29, 0.717) is 35.8 Å². The highest BCUT2D eigenvalue weighted by atomic mass is 35.5. The molecule has 37 heavy (non-hydrogen) atoms. The van der Waals surface area contributed by atoms with Gasteiger partial charge in [0.25, 0.3) is 11.7 Å². The van der Waals surface area contributed by atoms with E-state index in [9.17, 15) is 27.6 Å². The van der Waals surface area contributed by atoms with Crippen molar-refractivity contribution in [2.45, 2.75) is 44.2 Å². The first kappa shape index (κ1) is 26.7. The van der Waals surface area contributed by atoms with Crippen LogP contribution in [0.25, 0.3) is 0 Å². The van der Waals surface area contributed by atoms with Crippen molar-refractivity contribution in [1.82, 2.24) is 10.6 Å². The summed E-state index contributed by atoms with van der Waals surface area (Å²) >= 11 is 6.51. The minimum atomic E-state index is -4.34. The number of amides is 1. The molecule has 2 aliphatic heterocycles. The Morgan fingerprint density at radius 1 is 1.03 bits per heavy atom. The lowest BCUT2D eigenvalue weighted by molar-refractivity contribution is -0.225. The third-order valence-electron chi connectivity index (χ3n) is 6.05. The maximum absolute atomic E-state index is 12.3. The van der Waals surface area contributed by atoms with E-state index in [2.05, 4.69) is 16.0 Å². The highest BCUT2D eigenvalue weighted by Gasteiger charge is 2.46. The molecule has 2 aromatic carbocycles. The van der Waals surface area contributed by atoms with Crippen LogP contribution in [0.5, 0.6) is 0 Å². The number of anilines is 1. The first-order chi connectivity index (χ1) is 17.6. The molecule has 4 rings (SSSR count). The molecule has 1 spiro atoms. The molecule has 1 saturated heterocycles. The second kappa shape index (κ2) is 11.0. The molecule has 1 fully saturated rings. The largest absolute Gasteiger partial charge is 0.416 e. The van der Waals surface area contributed by atoms with Crippen molar-refractivity contribution in [2.24, 2.45) is 0 Å². The number of hydrogen-bond donors (Lipinski definition) is 3. The van der Waals surface area contributed by atoms with Gasteiger partial charge in [-0.2, -0.15) is 13.2 Å². The first-order valence-electron chi connectivity index (χ1n) is 11.7. The van der Waals surface area contributed by atoms with Gasteiger partial charge in [0.05, 0.1) is 36.5 Å². The Morgan fingerprint density at radius 2 is 1.70 bits per heavy atom. The molecular formula is C25H25ClF3N3O5. The van der Waals surface area contributed by atoms with Crippen LogP contribution in [-0.2, 0) is 37.8 Å². The summed E-state index contributed by atoms with van der Waals surface area (Å²) < 4.78 is 48.1. The molecule has 0 bridgehead atoms. The van der Waals surface area contributed by atoms with Gasteiger partial charge in [0.15, 0.2) is 0 Å². The average molecular weight is 540 g/mol. The van der Waals surface area contributed by atoms with E-state index in [1.807, 2.05) is 0 Å². The van der Waals surface area contributed by atoms with Crippen LogP contribution >= 0.6 is 11.6 Å². The fourth-order valence-corrected chi connectivity index (χ4v) is 4.49. The number of rotatable bonds is 6. The predicted molar refractivity (Wildman–Crippen MR) is 128 cm³/mol. The molecule has 198 valence electrons. The number of benzene rings is 2. The number of alkyl halides is 3. The zero-order valence-electron chi connectivity index (χ0n) is 19.7. The minimum Gasteiger partial charge on any atom is -0.416 e. The van der Waals surface area contributed by atoms with Crippen molar-refractivity contribution in [3.63, 3.8) is 0 Å². The fourth-order valence-electron chi connectivity index (χ4n) is 4.25. The number of fused-ring (bicyclic) bond motifs is 2. The van der Waals surface area contributed by atoms with Crippen LogP contribution in [0.1, 0.15) is 46.3 Å². The maximum atomic E-state index is 12.3. The number of carbonyl (C=O) groups excluding carboxylic acids is 3. The van der Waals surface area contributed by atoms with E-state index in [1.54, 1.807) is 24.3 Å². The Hall–Kier alpha value is -3.31. The summed E-state index contributed by atoms with van der Waals surface area (Å²) in [6.45, 7) is 0.443. The Bertz CT molecular complexity index is 1170. The number of halogens is 4. The number of hydrogen-bond acceptors (Lipinski definition) is 7. The maximum Gasteiger partial charge on any atom is 0.390 e. The molecule has 1 amide bonds. The van der Waals surface area contributed by atoms with Gasteiger partial charge in [-0.15, -0.1) is 0 Å². The third-order valence-corrected chi connectivity index (χ3v) is 6.37. The third kappa shape index (κ3) is 6.53. The van der Waals surface area contributed by atoms with Gasteiger partial charge in [0, 0.05) is 24.2 Å². The number of ether oxygens (including phenoxy) is 2. The molecule has 0 saturated carbocycles. The second-order valence-corrected chi connectivity index (χ2v) is 9.16.